The van der Waals surface area contributed by atoms with Crippen molar-refractivity contribution in [2.45, 2.75) is 6.10 Å². The average molecular weight is 220 g/mol. The molecule has 1 nitrogen and oxygen atoms in total. The van der Waals surface area contributed by atoms with Gasteiger partial charge in [-0.25, -0.2) is 0 Å². The van der Waals surface area contributed by atoms with E-state index in [-0.39, 0.29) is 0 Å². The Morgan fingerprint density at radius 3 is 2.47 bits per heavy atom. The number of epoxide rings is 1. The number of rotatable bonds is 1. The van der Waals surface area contributed by atoms with Crippen molar-refractivity contribution in [2.75, 3.05) is 6.61 Å². The molecule has 1 fully saturated rings. The molecule has 1 saturated heterocycles. The molecule has 4 rings (SSSR count). The lowest BCUT2D eigenvalue weighted by molar-refractivity contribution is 0.417. The van der Waals surface area contributed by atoms with E-state index in [4.69, 9.17) is 4.74 Å². The van der Waals surface area contributed by atoms with E-state index in [0.717, 1.165) is 6.61 Å². The van der Waals surface area contributed by atoms with Crippen LogP contribution in [0.4, 0.5) is 0 Å². The van der Waals surface area contributed by atoms with Crippen molar-refractivity contribution in [1.29, 1.82) is 0 Å². The molecule has 0 aromatic heterocycles. The lowest BCUT2D eigenvalue weighted by Gasteiger charge is -2.07. The number of ether oxygens (including phenoxy) is 1. The minimum Gasteiger partial charge on any atom is -0.368 e. The predicted molar refractivity (Wildman–Crippen MR) is 70.1 cm³/mol. The summed E-state index contributed by atoms with van der Waals surface area (Å²) in [6.45, 7) is 0.863. The van der Waals surface area contributed by atoms with Gasteiger partial charge >= 0.3 is 0 Å². The van der Waals surface area contributed by atoms with Gasteiger partial charge in [0.05, 0.1) is 6.61 Å². The lowest BCUT2D eigenvalue weighted by atomic mass is 9.96. The summed E-state index contributed by atoms with van der Waals surface area (Å²) in [6, 6.07) is 19.4. The van der Waals surface area contributed by atoms with Crippen LogP contribution in [0.1, 0.15) is 11.7 Å². The van der Waals surface area contributed by atoms with Gasteiger partial charge in [-0.2, -0.15) is 0 Å². The highest BCUT2D eigenvalue weighted by molar-refractivity contribution is 6.09. The first kappa shape index (κ1) is 9.20. The normalized spacial score (nSPS) is 18.7. The van der Waals surface area contributed by atoms with Crippen LogP contribution in [0.25, 0.3) is 21.5 Å². The SMILES string of the molecule is c1ccc2c(c1)ccc1cccc([C@H]3CO3)c12. The molecule has 0 amide bonds. The molecule has 1 heteroatoms. The molecule has 0 aliphatic carbocycles. The molecule has 0 N–H and O–H groups in total. The van der Waals surface area contributed by atoms with Crippen molar-refractivity contribution in [3.05, 3.63) is 60.2 Å². The van der Waals surface area contributed by atoms with Crippen LogP contribution in [0.2, 0.25) is 0 Å². The van der Waals surface area contributed by atoms with Gasteiger partial charge in [0.2, 0.25) is 0 Å². The van der Waals surface area contributed by atoms with Crippen molar-refractivity contribution in [3.8, 4) is 0 Å². The summed E-state index contributed by atoms with van der Waals surface area (Å²) in [6.07, 6.45) is 0.310. The van der Waals surface area contributed by atoms with E-state index < -0.39 is 0 Å². The molecule has 3 aromatic rings. The van der Waals surface area contributed by atoms with Gasteiger partial charge in [-0.15, -0.1) is 0 Å². The summed E-state index contributed by atoms with van der Waals surface area (Å²) in [4.78, 5) is 0. The Morgan fingerprint density at radius 2 is 1.59 bits per heavy atom. The van der Waals surface area contributed by atoms with E-state index in [1.807, 2.05) is 0 Å². The fraction of sp³-hybridized carbons (Fsp3) is 0.125. The van der Waals surface area contributed by atoms with Gasteiger partial charge < -0.3 is 4.74 Å². The number of hydrogen-bond acceptors (Lipinski definition) is 1. The van der Waals surface area contributed by atoms with Gasteiger partial charge in [0.1, 0.15) is 6.10 Å². The molecule has 82 valence electrons. The molecule has 1 aliphatic heterocycles. The Balaban J connectivity index is 2.22. The highest BCUT2D eigenvalue weighted by atomic mass is 16.6. The summed E-state index contributed by atoms with van der Waals surface area (Å²) in [7, 11) is 0. The third-order valence-electron chi connectivity index (χ3n) is 3.48. The standard InChI is InChI=1S/C16H12O/c1-2-6-13-11(4-1)8-9-12-5-3-7-14(16(12)13)15-10-17-15/h1-9,15H,10H2/t15-/m1/s1. The topological polar surface area (TPSA) is 12.5 Å². The molecule has 0 spiro atoms. The van der Waals surface area contributed by atoms with Crippen LogP contribution in [0.5, 0.6) is 0 Å². The highest BCUT2D eigenvalue weighted by Gasteiger charge is 2.26. The van der Waals surface area contributed by atoms with Crippen molar-refractivity contribution in [2.24, 2.45) is 0 Å². The van der Waals surface area contributed by atoms with Crippen molar-refractivity contribution >= 4 is 21.5 Å². The predicted octanol–water partition coefficient (Wildman–Crippen LogP) is 4.06. The Kier molecular flexibility index (Phi) is 1.79. The molecule has 1 atom stereocenters. The third kappa shape index (κ3) is 1.36. The minimum absolute atomic E-state index is 0.310. The first-order chi connectivity index (χ1) is 8.43. The van der Waals surface area contributed by atoms with Crippen LogP contribution in [-0.2, 0) is 4.74 Å². The zero-order valence-electron chi connectivity index (χ0n) is 9.39. The molecule has 0 saturated carbocycles. The molecule has 1 aliphatic rings. The van der Waals surface area contributed by atoms with E-state index in [2.05, 4.69) is 54.6 Å². The Hall–Kier alpha value is -1.86. The quantitative estimate of drug-likeness (QED) is 0.445. The summed E-state index contributed by atoms with van der Waals surface area (Å²) >= 11 is 0. The van der Waals surface area contributed by atoms with E-state index in [0.29, 0.717) is 6.10 Å². The zero-order valence-corrected chi connectivity index (χ0v) is 9.39. The fourth-order valence-electron chi connectivity index (χ4n) is 2.58. The van der Waals surface area contributed by atoms with Gasteiger partial charge in [0.15, 0.2) is 0 Å². The number of benzene rings is 3. The van der Waals surface area contributed by atoms with Gasteiger partial charge in [-0.1, -0.05) is 54.6 Å². The zero-order chi connectivity index (χ0) is 11.2. The Morgan fingerprint density at radius 1 is 0.824 bits per heavy atom. The minimum atomic E-state index is 0.310. The fourth-order valence-corrected chi connectivity index (χ4v) is 2.58. The second-order valence-corrected chi connectivity index (χ2v) is 4.55. The highest BCUT2D eigenvalue weighted by Crippen LogP contribution is 2.38. The lowest BCUT2D eigenvalue weighted by Crippen LogP contribution is -1.85. The Labute approximate surface area is 99.6 Å². The van der Waals surface area contributed by atoms with E-state index in [1.54, 1.807) is 0 Å². The number of fused-ring (bicyclic) bond motifs is 3. The molecule has 3 aromatic carbocycles. The first-order valence-corrected chi connectivity index (χ1v) is 5.95. The van der Waals surface area contributed by atoms with Crippen molar-refractivity contribution in [3.63, 3.8) is 0 Å². The monoisotopic (exact) mass is 220 g/mol. The maximum absolute atomic E-state index is 5.45. The molecular weight excluding hydrogens is 208 g/mol. The van der Waals surface area contributed by atoms with Crippen LogP contribution in [0.15, 0.2) is 54.6 Å². The third-order valence-corrected chi connectivity index (χ3v) is 3.48. The average Bonchev–Trinajstić information content (AvgIpc) is 3.22. The second kappa shape index (κ2) is 3.31. The van der Waals surface area contributed by atoms with Crippen molar-refractivity contribution < 1.29 is 4.74 Å². The molecule has 0 unspecified atom stereocenters. The smallest absolute Gasteiger partial charge is 0.107 e. The van der Waals surface area contributed by atoms with Crippen LogP contribution < -0.4 is 0 Å². The summed E-state index contributed by atoms with van der Waals surface area (Å²) in [5.41, 5.74) is 1.33. The molecule has 0 radical (unpaired) electrons. The van der Waals surface area contributed by atoms with Gasteiger partial charge in [0.25, 0.3) is 0 Å². The maximum atomic E-state index is 5.45. The van der Waals surface area contributed by atoms with Gasteiger partial charge in [-0.05, 0) is 27.1 Å². The van der Waals surface area contributed by atoms with Crippen LogP contribution in [0, 0.1) is 0 Å². The van der Waals surface area contributed by atoms with Gasteiger partial charge in [-0.3, -0.25) is 0 Å². The van der Waals surface area contributed by atoms with E-state index >= 15 is 0 Å². The van der Waals surface area contributed by atoms with Gasteiger partial charge in [0, 0.05) is 0 Å². The van der Waals surface area contributed by atoms with Crippen LogP contribution in [0.3, 0.4) is 0 Å². The molecule has 1 heterocycles. The summed E-state index contributed by atoms with van der Waals surface area (Å²) < 4.78 is 5.45. The molecule has 17 heavy (non-hydrogen) atoms. The van der Waals surface area contributed by atoms with E-state index in [9.17, 15) is 0 Å². The largest absolute Gasteiger partial charge is 0.368 e. The van der Waals surface area contributed by atoms with Crippen LogP contribution >= 0.6 is 0 Å². The summed E-state index contributed by atoms with van der Waals surface area (Å²) in [5, 5.41) is 5.29. The van der Waals surface area contributed by atoms with Crippen molar-refractivity contribution in [1.82, 2.24) is 0 Å². The molecule has 0 bridgehead atoms. The first-order valence-electron chi connectivity index (χ1n) is 5.95. The Bertz CT molecular complexity index is 711. The van der Waals surface area contributed by atoms with E-state index in [1.165, 1.54) is 27.1 Å². The summed E-state index contributed by atoms with van der Waals surface area (Å²) in [5.74, 6) is 0. The number of hydrogen-bond donors (Lipinski definition) is 0. The molecular formula is C16H12O. The maximum Gasteiger partial charge on any atom is 0.107 e. The van der Waals surface area contributed by atoms with Crippen LogP contribution in [-0.4, -0.2) is 6.61 Å². The second-order valence-electron chi connectivity index (χ2n) is 4.55.